The van der Waals surface area contributed by atoms with Crippen LogP contribution in [0.25, 0.3) is 12.2 Å². The number of carbonyl (C=O) groups is 1. The average molecular weight is 460 g/mol. The molecule has 0 atom stereocenters. The highest BCUT2D eigenvalue weighted by atomic mass is 32.2. The van der Waals surface area contributed by atoms with Crippen molar-refractivity contribution in [1.29, 1.82) is 0 Å². The number of hydrogen-bond acceptors (Lipinski definition) is 5. The van der Waals surface area contributed by atoms with Crippen molar-refractivity contribution in [2.45, 2.75) is 51.9 Å². The first-order valence-electron chi connectivity index (χ1n) is 11.2. The summed E-state index contributed by atoms with van der Waals surface area (Å²) in [6.07, 6.45) is 5.40. The number of sulfonamides is 1. The van der Waals surface area contributed by atoms with Gasteiger partial charge in [0.2, 0.25) is 15.9 Å². The van der Waals surface area contributed by atoms with Crippen molar-refractivity contribution in [2.75, 3.05) is 19.6 Å². The van der Waals surface area contributed by atoms with E-state index in [4.69, 9.17) is 4.52 Å². The zero-order valence-electron chi connectivity index (χ0n) is 19.3. The molecule has 0 spiro atoms. The number of carbonyl (C=O) groups excluding carboxylic acids is 1. The smallest absolute Gasteiger partial charge is 0.248 e. The predicted molar refractivity (Wildman–Crippen MR) is 125 cm³/mol. The lowest BCUT2D eigenvalue weighted by Gasteiger charge is -2.30. The summed E-state index contributed by atoms with van der Waals surface area (Å²) in [5.74, 6) is 0.614. The molecule has 0 saturated carbocycles. The number of rotatable bonds is 8. The number of nitrogens with one attached hydrogen (secondary N) is 1. The van der Waals surface area contributed by atoms with Gasteiger partial charge in [0.25, 0.3) is 0 Å². The molecule has 0 bridgehead atoms. The van der Waals surface area contributed by atoms with E-state index in [0.29, 0.717) is 44.1 Å². The first kappa shape index (κ1) is 24.2. The number of aryl methyl sites for hydroxylation is 2. The lowest BCUT2D eigenvalue weighted by Crippen LogP contribution is -2.43. The van der Waals surface area contributed by atoms with Crippen LogP contribution in [0.15, 0.2) is 33.7 Å². The number of nitrogens with zero attached hydrogens (tertiary/aromatic N) is 2. The quantitative estimate of drug-likeness (QED) is 0.644. The second kappa shape index (κ2) is 10.4. The van der Waals surface area contributed by atoms with Gasteiger partial charge in [-0.1, -0.05) is 54.9 Å². The Morgan fingerprint density at radius 2 is 1.84 bits per heavy atom. The molecule has 0 radical (unpaired) electrons. The molecule has 8 heteroatoms. The Labute approximate surface area is 190 Å². The summed E-state index contributed by atoms with van der Waals surface area (Å²) in [7, 11) is -3.77. The second-order valence-electron chi connectivity index (χ2n) is 8.86. The van der Waals surface area contributed by atoms with E-state index in [9.17, 15) is 13.2 Å². The van der Waals surface area contributed by atoms with E-state index < -0.39 is 10.0 Å². The summed E-state index contributed by atoms with van der Waals surface area (Å²) in [5.41, 5.74) is 2.43. The lowest BCUT2D eigenvalue weighted by atomic mass is 9.97. The number of amides is 1. The number of benzene rings is 1. The van der Waals surface area contributed by atoms with Gasteiger partial charge < -0.3 is 9.84 Å². The summed E-state index contributed by atoms with van der Waals surface area (Å²) >= 11 is 0. The molecule has 1 fully saturated rings. The van der Waals surface area contributed by atoms with E-state index in [1.165, 1.54) is 4.31 Å². The summed E-state index contributed by atoms with van der Waals surface area (Å²) in [4.78, 5) is 12.5. The summed E-state index contributed by atoms with van der Waals surface area (Å²) in [5, 5.41) is 6.88. The minimum atomic E-state index is -3.77. The Morgan fingerprint density at radius 1 is 1.19 bits per heavy atom. The molecule has 1 aliphatic heterocycles. The zero-order valence-corrected chi connectivity index (χ0v) is 20.1. The molecule has 1 aromatic carbocycles. The molecule has 0 unspecified atom stereocenters. The molecule has 1 aromatic heterocycles. The maximum Gasteiger partial charge on any atom is 0.248 e. The highest BCUT2D eigenvalue weighted by Crippen LogP contribution is 2.29. The van der Waals surface area contributed by atoms with Crippen molar-refractivity contribution in [3.05, 3.63) is 46.8 Å². The fourth-order valence-corrected chi connectivity index (χ4v) is 5.48. The average Bonchev–Trinajstić information content (AvgIpc) is 3.14. The van der Waals surface area contributed by atoms with Gasteiger partial charge in [0.05, 0.1) is 0 Å². The van der Waals surface area contributed by atoms with Crippen LogP contribution in [0.2, 0.25) is 0 Å². The number of hydrogen-bond donors (Lipinski definition) is 1. The van der Waals surface area contributed by atoms with Gasteiger partial charge in [-0.2, -0.15) is 4.31 Å². The van der Waals surface area contributed by atoms with Gasteiger partial charge in [0, 0.05) is 25.6 Å². The largest absolute Gasteiger partial charge is 0.356 e. The van der Waals surface area contributed by atoms with E-state index >= 15 is 0 Å². The second-order valence-corrected chi connectivity index (χ2v) is 10.7. The third kappa shape index (κ3) is 5.86. The van der Waals surface area contributed by atoms with Crippen LogP contribution in [0.5, 0.6) is 0 Å². The monoisotopic (exact) mass is 459 g/mol. The maximum absolute atomic E-state index is 13.4. The first-order valence-corrected chi connectivity index (χ1v) is 12.6. The summed E-state index contributed by atoms with van der Waals surface area (Å²) < 4.78 is 33.5. The van der Waals surface area contributed by atoms with Gasteiger partial charge in [0.1, 0.15) is 5.69 Å². The minimum Gasteiger partial charge on any atom is -0.356 e. The fourth-order valence-electron chi connectivity index (χ4n) is 3.76. The molecule has 0 aliphatic carbocycles. The van der Waals surface area contributed by atoms with Crippen molar-refractivity contribution < 1.29 is 17.7 Å². The Morgan fingerprint density at radius 3 is 2.47 bits per heavy atom. The fraction of sp³-hybridized carbons (Fsp3) is 0.500. The van der Waals surface area contributed by atoms with Crippen LogP contribution in [0.4, 0.5) is 0 Å². The van der Waals surface area contributed by atoms with Crippen molar-refractivity contribution in [1.82, 2.24) is 14.8 Å². The SMILES string of the molecule is Cc1ccc(C=Cc2onc(C)c2S(=O)(=O)N2CCC(C(=O)NCCC(C)C)CC2)cc1. The van der Waals surface area contributed by atoms with Gasteiger partial charge in [-0.3, -0.25) is 4.79 Å². The Bertz CT molecular complexity index is 1050. The Kier molecular flexibility index (Phi) is 7.90. The highest BCUT2D eigenvalue weighted by Gasteiger charge is 2.35. The van der Waals surface area contributed by atoms with Crippen molar-refractivity contribution >= 4 is 28.1 Å². The van der Waals surface area contributed by atoms with Crippen LogP contribution >= 0.6 is 0 Å². The van der Waals surface area contributed by atoms with Gasteiger partial charge in [-0.05, 0) is 50.7 Å². The van der Waals surface area contributed by atoms with Crippen LogP contribution in [0, 0.1) is 25.7 Å². The molecular weight excluding hydrogens is 426 g/mol. The Balaban J connectivity index is 1.68. The molecule has 1 aliphatic rings. The first-order chi connectivity index (χ1) is 15.2. The van der Waals surface area contributed by atoms with Crippen molar-refractivity contribution in [3.8, 4) is 0 Å². The molecule has 1 amide bonds. The predicted octanol–water partition coefficient (Wildman–Crippen LogP) is 4.02. The van der Waals surface area contributed by atoms with Crippen LogP contribution in [-0.4, -0.2) is 43.4 Å². The topological polar surface area (TPSA) is 92.5 Å². The van der Waals surface area contributed by atoms with Crippen LogP contribution in [0.3, 0.4) is 0 Å². The molecular formula is C24H33N3O4S. The minimum absolute atomic E-state index is 0.0191. The van der Waals surface area contributed by atoms with E-state index in [2.05, 4.69) is 24.3 Å². The van der Waals surface area contributed by atoms with Gasteiger partial charge in [0.15, 0.2) is 10.7 Å². The van der Waals surface area contributed by atoms with E-state index in [-0.39, 0.29) is 22.5 Å². The third-order valence-electron chi connectivity index (χ3n) is 5.78. The normalized spacial score (nSPS) is 16.2. The molecule has 7 nitrogen and oxygen atoms in total. The zero-order chi connectivity index (χ0) is 23.3. The van der Waals surface area contributed by atoms with Gasteiger partial charge in [-0.15, -0.1) is 0 Å². The molecule has 3 rings (SSSR count). The van der Waals surface area contributed by atoms with E-state index in [1.807, 2.05) is 37.3 Å². The molecule has 2 aromatic rings. The molecule has 1 saturated heterocycles. The van der Waals surface area contributed by atoms with Crippen LogP contribution in [0.1, 0.15) is 55.7 Å². The summed E-state index contributed by atoms with van der Waals surface area (Å²) in [6, 6.07) is 7.90. The van der Waals surface area contributed by atoms with Gasteiger partial charge in [-0.25, -0.2) is 8.42 Å². The number of aromatic nitrogens is 1. The van der Waals surface area contributed by atoms with Crippen molar-refractivity contribution in [3.63, 3.8) is 0 Å². The van der Waals surface area contributed by atoms with Crippen molar-refractivity contribution in [2.24, 2.45) is 11.8 Å². The third-order valence-corrected chi connectivity index (χ3v) is 7.84. The molecule has 32 heavy (non-hydrogen) atoms. The van der Waals surface area contributed by atoms with E-state index in [1.54, 1.807) is 13.0 Å². The standard InChI is InChI=1S/C24H33N3O4S/c1-17(2)11-14-25-24(28)21-12-15-27(16-13-21)32(29,30)23-19(4)26-31-22(23)10-9-20-7-5-18(3)6-8-20/h5-10,17,21H,11-16H2,1-4H3,(H,25,28). The van der Waals surface area contributed by atoms with Crippen LogP contribution < -0.4 is 5.32 Å². The van der Waals surface area contributed by atoms with Crippen LogP contribution in [-0.2, 0) is 14.8 Å². The highest BCUT2D eigenvalue weighted by molar-refractivity contribution is 7.89. The molecule has 1 N–H and O–H groups in total. The maximum atomic E-state index is 13.4. The van der Waals surface area contributed by atoms with E-state index in [0.717, 1.165) is 17.5 Å². The molecule has 2 heterocycles. The molecule has 174 valence electrons. The number of piperidine rings is 1. The van der Waals surface area contributed by atoms with Gasteiger partial charge >= 0.3 is 0 Å². The summed E-state index contributed by atoms with van der Waals surface area (Å²) in [6.45, 7) is 9.14. The lowest BCUT2D eigenvalue weighted by molar-refractivity contribution is -0.126. The Hall–Kier alpha value is -2.45.